The summed E-state index contributed by atoms with van der Waals surface area (Å²) < 4.78 is 0. The van der Waals surface area contributed by atoms with Gasteiger partial charge >= 0.3 is 5.97 Å². The van der Waals surface area contributed by atoms with E-state index in [1.165, 1.54) is 36.4 Å². The van der Waals surface area contributed by atoms with Crippen molar-refractivity contribution in [3.63, 3.8) is 0 Å². The van der Waals surface area contributed by atoms with E-state index in [1.54, 1.807) is 6.07 Å². The van der Waals surface area contributed by atoms with Crippen LogP contribution in [-0.4, -0.2) is 60.0 Å². The predicted molar refractivity (Wildman–Crippen MR) is 104 cm³/mol. The zero-order valence-electron chi connectivity index (χ0n) is 15.3. The minimum absolute atomic E-state index is 0.103. The number of aromatic carboxylic acids is 1. The van der Waals surface area contributed by atoms with Gasteiger partial charge in [-0.2, -0.15) is 0 Å². The SMILES string of the molecule is CN1CCN(c2ccc([N+](=O)[O-])cc2C(=O)Nc2ccc(C(=O)O)cc2)CC1. The van der Waals surface area contributed by atoms with Gasteiger partial charge in [-0.1, -0.05) is 0 Å². The summed E-state index contributed by atoms with van der Waals surface area (Å²) in [6.45, 7) is 3.08. The number of piperazine rings is 1. The molecule has 2 N–H and O–H groups in total. The molecule has 9 heteroatoms. The molecule has 0 unspecified atom stereocenters. The summed E-state index contributed by atoms with van der Waals surface area (Å²) in [5.74, 6) is -1.55. The van der Waals surface area contributed by atoms with Gasteiger partial charge in [0, 0.05) is 44.0 Å². The molecule has 1 aliphatic heterocycles. The summed E-state index contributed by atoms with van der Waals surface area (Å²) >= 11 is 0. The van der Waals surface area contributed by atoms with Crippen molar-refractivity contribution in [1.82, 2.24) is 4.90 Å². The van der Waals surface area contributed by atoms with E-state index in [-0.39, 0.29) is 16.8 Å². The first-order valence-corrected chi connectivity index (χ1v) is 8.72. The number of anilines is 2. The Morgan fingerprint density at radius 1 is 1.07 bits per heavy atom. The van der Waals surface area contributed by atoms with Crippen molar-refractivity contribution in [2.24, 2.45) is 0 Å². The van der Waals surface area contributed by atoms with Gasteiger partial charge in [-0.15, -0.1) is 0 Å². The average molecular weight is 384 g/mol. The van der Waals surface area contributed by atoms with E-state index >= 15 is 0 Å². The molecule has 0 bridgehead atoms. The van der Waals surface area contributed by atoms with Crippen LogP contribution in [0.1, 0.15) is 20.7 Å². The molecule has 146 valence electrons. The number of carbonyl (C=O) groups is 2. The van der Waals surface area contributed by atoms with Gasteiger partial charge in [0.25, 0.3) is 11.6 Å². The van der Waals surface area contributed by atoms with Gasteiger partial charge in [0.1, 0.15) is 0 Å². The van der Waals surface area contributed by atoms with Crippen LogP contribution < -0.4 is 10.2 Å². The number of nitro benzene ring substituents is 1. The number of carbonyl (C=O) groups excluding carboxylic acids is 1. The zero-order chi connectivity index (χ0) is 20.3. The van der Waals surface area contributed by atoms with Crippen molar-refractivity contribution >= 4 is 28.9 Å². The molecule has 2 aromatic rings. The molecule has 1 fully saturated rings. The zero-order valence-corrected chi connectivity index (χ0v) is 15.3. The second-order valence-electron chi connectivity index (χ2n) is 6.59. The fourth-order valence-electron chi connectivity index (χ4n) is 3.04. The molecule has 0 radical (unpaired) electrons. The summed E-state index contributed by atoms with van der Waals surface area (Å²) in [7, 11) is 2.02. The highest BCUT2D eigenvalue weighted by Crippen LogP contribution is 2.27. The fourth-order valence-corrected chi connectivity index (χ4v) is 3.04. The number of likely N-dealkylation sites (N-methyl/N-ethyl adjacent to an activating group) is 1. The topological polar surface area (TPSA) is 116 Å². The monoisotopic (exact) mass is 384 g/mol. The number of nitro groups is 1. The molecular weight excluding hydrogens is 364 g/mol. The van der Waals surface area contributed by atoms with Crippen molar-refractivity contribution in [3.8, 4) is 0 Å². The number of hydrogen-bond acceptors (Lipinski definition) is 6. The van der Waals surface area contributed by atoms with Gasteiger partial charge in [-0.25, -0.2) is 4.79 Å². The summed E-state index contributed by atoms with van der Waals surface area (Å²) in [6, 6.07) is 9.99. The van der Waals surface area contributed by atoms with Gasteiger partial charge in [0.2, 0.25) is 0 Å². The normalized spacial score (nSPS) is 14.5. The lowest BCUT2D eigenvalue weighted by molar-refractivity contribution is -0.384. The van der Waals surface area contributed by atoms with E-state index in [9.17, 15) is 19.7 Å². The molecule has 3 rings (SSSR count). The summed E-state index contributed by atoms with van der Waals surface area (Å²) in [4.78, 5) is 38.6. The number of hydrogen-bond donors (Lipinski definition) is 2. The molecule has 1 heterocycles. The molecule has 0 saturated carbocycles. The molecule has 0 spiro atoms. The number of nitrogens with one attached hydrogen (secondary N) is 1. The number of nitrogens with zero attached hydrogens (tertiary/aromatic N) is 3. The summed E-state index contributed by atoms with van der Waals surface area (Å²) in [5, 5.41) is 22.8. The maximum absolute atomic E-state index is 12.8. The maximum Gasteiger partial charge on any atom is 0.335 e. The highest BCUT2D eigenvalue weighted by molar-refractivity contribution is 6.08. The van der Waals surface area contributed by atoms with Crippen LogP contribution in [0, 0.1) is 10.1 Å². The van der Waals surface area contributed by atoms with E-state index in [0.29, 0.717) is 24.5 Å². The number of rotatable bonds is 5. The van der Waals surface area contributed by atoms with Crippen LogP contribution in [0.2, 0.25) is 0 Å². The molecular formula is C19H20N4O5. The standard InChI is InChI=1S/C19H20N4O5/c1-21-8-10-22(11-9-21)17-7-6-15(23(27)28)12-16(17)18(24)20-14-4-2-13(3-5-14)19(25)26/h2-7,12H,8-11H2,1H3,(H,20,24)(H,25,26). The molecule has 0 atom stereocenters. The van der Waals surface area contributed by atoms with Crippen molar-refractivity contribution in [1.29, 1.82) is 0 Å². The Kier molecular flexibility index (Phi) is 5.55. The van der Waals surface area contributed by atoms with E-state index in [4.69, 9.17) is 5.11 Å². The first kappa shape index (κ1) is 19.3. The largest absolute Gasteiger partial charge is 0.478 e. The van der Waals surface area contributed by atoms with E-state index in [2.05, 4.69) is 10.2 Å². The van der Waals surface area contributed by atoms with Crippen molar-refractivity contribution in [3.05, 3.63) is 63.7 Å². The number of amides is 1. The minimum Gasteiger partial charge on any atom is -0.478 e. The highest BCUT2D eigenvalue weighted by Gasteiger charge is 2.23. The van der Waals surface area contributed by atoms with Gasteiger partial charge < -0.3 is 20.2 Å². The average Bonchev–Trinajstić information content (AvgIpc) is 2.68. The number of benzene rings is 2. The molecule has 0 aromatic heterocycles. The van der Waals surface area contributed by atoms with Crippen LogP contribution in [0.15, 0.2) is 42.5 Å². The molecule has 9 nitrogen and oxygen atoms in total. The first-order chi connectivity index (χ1) is 13.3. The van der Waals surface area contributed by atoms with Gasteiger partial charge in [0.05, 0.1) is 21.7 Å². The van der Waals surface area contributed by atoms with Crippen molar-refractivity contribution < 1.29 is 19.6 Å². The highest BCUT2D eigenvalue weighted by atomic mass is 16.6. The van der Waals surface area contributed by atoms with E-state index in [1.807, 2.05) is 11.9 Å². The lowest BCUT2D eigenvalue weighted by atomic mass is 10.1. The molecule has 1 amide bonds. The molecule has 1 saturated heterocycles. The van der Waals surface area contributed by atoms with Crippen LogP contribution >= 0.6 is 0 Å². The van der Waals surface area contributed by atoms with Gasteiger partial charge in [0.15, 0.2) is 0 Å². The second-order valence-corrected chi connectivity index (χ2v) is 6.59. The molecule has 0 aliphatic carbocycles. The Labute approximate surface area is 161 Å². The Morgan fingerprint density at radius 3 is 2.29 bits per heavy atom. The van der Waals surface area contributed by atoms with E-state index in [0.717, 1.165) is 13.1 Å². The Balaban J connectivity index is 1.88. The van der Waals surface area contributed by atoms with Crippen molar-refractivity contribution in [2.75, 3.05) is 43.4 Å². The van der Waals surface area contributed by atoms with Crippen LogP contribution in [-0.2, 0) is 0 Å². The number of carboxylic acids is 1. The van der Waals surface area contributed by atoms with E-state index < -0.39 is 16.8 Å². The van der Waals surface area contributed by atoms with Gasteiger partial charge in [-0.3, -0.25) is 14.9 Å². The smallest absolute Gasteiger partial charge is 0.335 e. The second kappa shape index (κ2) is 8.05. The molecule has 1 aliphatic rings. The Bertz CT molecular complexity index is 905. The summed E-state index contributed by atoms with van der Waals surface area (Å²) in [6.07, 6.45) is 0. The number of non-ortho nitro benzene ring substituents is 1. The third kappa shape index (κ3) is 4.26. The maximum atomic E-state index is 12.8. The predicted octanol–water partition coefficient (Wildman–Crippen LogP) is 2.30. The lowest BCUT2D eigenvalue weighted by Gasteiger charge is -2.34. The first-order valence-electron chi connectivity index (χ1n) is 8.72. The lowest BCUT2D eigenvalue weighted by Crippen LogP contribution is -2.45. The molecule has 28 heavy (non-hydrogen) atoms. The Morgan fingerprint density at radius 2 is 1.71 bits per heavy atom. The van der Waals surface area contributed by atoms with Crippen molar-refractivity contribution in [2.45, 2.75) is 0 Å². The Hall–Kier alpha value is -3.46. The van der Waals surface area contributed by atoms with Crippen LogP contribution in [0.4, 0.5) is 17.1 Å². The third-order valence-corrected chi connectivity index (χ3v) is 4.67. The van der Waals surface area contributed by atoms with Crippen LogP contribution in [0.3, 0.4) is 0 Å². The summed E-state index contributed by atoms with van der Waals surface area (Å²) in [5.41, 5.74) is 1.20. The minimum atomic E-state index is -1.06. The molecule has 2 aromatic carbocycles. The fraction of sp³-hybridized carbons (Fsp3) is 0.263. The number of carboxylic acid groups (broad SMARTS) is 1. The van der Waals surface area contributed by atoms with Crippen LogP contribution in [0.5, 0.6) is 0 Å². The van der Waals surface area contributed by atoms with Gasteiger partial charge in [-0.05, 0) is 37.4 Å². The third-order valence-electron chi connectivity index (χ3n) is 4.67. The quantitative estimate of drug-likeness (QED) is 0.600. The van der Waals surface area contributed by atoms with Crippen LogP contribution in [0.25, 0.3) is 0 Å².